The zero-order valence-corrected chi connectivity index (χ0v) is 12.2. The van der Waals surface area contributed by atoms with Crippen molar-refractivity contribution in [1.82, 2.24) is 10.2 Å². The Morgan fingerprint density at radius 3 is 2.89 bits per heavy atom. The number of benzene rings is 1. The Morgan fingerprint density at radius 2 is 2.28 bits per heavy atom. The van der Waals surface area contributed by atoms with Crippen LogP contribution in [0.4, 0.5) is 0 Å². The van der Waals surface area contributed by atoms with E-state index in [0.717, 1.165) is 37.3 Å². The summed E-state index contributed by atoms with van der Waals surface area (Å²) in [6.45, 7) is 4.91. The van der Waals surface area contributed by atoms with Gasteiger partial charge in [0.25, 0.3) is 0 Å². The highest BCUT2D eigenvalue weighted by atomic mass is 79.9. The standard InChI is InChI=1S/C14H19BrN2O/c1-17-6-5-16-8-13(17)14(9-18-10-14)11-3-2-4-12(15)7-11/h2-4,7,13,16H,5-6,8-10H2,1H3. The van der Waals surface area contributed by atoms with Gasteiger partial charge in [-0.1, -0.05) is 28.1 Å². The second-order valence-electron chi connectivity index (χ2n) is 5.36. The summed E-state index contributed by atoms with van der Waals surface area (Å²) in [4.78, 5) is 2.47. The first-order valence-corrected chi connectivity index (χ1v) is 7.26. The summed E-state index contributed by atoms with van der Waals surface area (Å²) in [5.41, 5.74) is 1.55. The van der Waals surface area contributed by atoms with E-state index in [-0.39, 0.29) is 5.41 Å². The highest BCUT2D eigenvalue weighted by Crippen LogP contribution is 2.39. The van der Waals surface area contributed by atoms with E-state index in [9.17, 15) is 0 Å². The third kappa shape index (κ3) is 2.01. The fourth-order valence-corrected chi connectivity index (χ4v) is 3.49. The fourth-order valence-electron chi connectivity index (χ4n) is 3.09. The number of piperazine rings is 1. The maximum atomic E-state index is 5.56. The van der Waals surface area contributed by atoms with Crippen LogP contribution in [0.2, 0.25) is 0 Å². The summed E-state index contributed by atoms with van der Waals surface area (Å²) >= 11 is 3.58. The number of halogens is 1. The third-order valence-corrected chi connectivity index (χ3v) is 4.76. The molecule has 0 amide bonds. The number of rotatable bonds is 2. The average molecular weight is 311 g/mol. The minimum atomic E-state index is 0.159. The maximum Gasteiger partial charge on any atom is 0.0601 e. The lowest BCUT2D eigenvalue weighted by atomic mass is 9.71. The van der Waals surface area contributed by atoms with E-state index in [2.05, 4.69) is 57.5 Å². The van der Waals surface area contributed by atoms with Gasteiger partial charge in [-0.15, -0.1) is 0 Å². The van der Waals surface area contributed by atoms with Crippen molar-refractivity contribution in [2.45, 2.75) is 11.5 Å². The van der Waals surface area contributed by atoms with Crippen LogP contribution >= 0.6 is 15.9 Å². The molecule has 3 nitrogen and oxygen atoms in total. The molecule has 0 aliphatic carbocycles. The monoisotopic (exact) mass is 310 g/mol. The van der Waals surface area contributed by atoms with Gasteiger partial charge in [-0.25, -0.2) is 0 Å². The molecule has 2 saturated heterocycles. The number of ether oxygens (including phenoxy) is 1. The van der Waals surface area contributed by atoms with Crippen LogP contribution in [0.3, 0.4) is 0 Å². The van der Waals surface area contributed by atoms with Gasteiger partial charge in [0.15, 0.2) is 0 Å². The number of likely N-dealkylation sites (N-methyl/N-ethyl adjacent to an activating group) is 1. The SMILES string of the molecule is CN1CCNCC1C1(c2cccc(Br)c2)COC1. The predicted octanol–water partition coefficient (Wildman–Crippen LogP) is 1.62. The maximum absolute atomic E-state index is 5.56. The molecule has 0 spiro atoms. The first-order valence-electron chi connectivity index (χ1n) is 6.47. The molecule has 4 heteroatoms. The smallest absolute Gasteiger partial charge is 0.0601 e. The summed E-state index contributed by atoms with van der Waals surface area (Å²) in [7, 11) is 2.23. The number of nitrogens with one attached hydrogen (secondary N) is 1. The molecule has 1 aromatic rings. The zero-order chi connectivity index (χ0) is 12.6. The molecule has 0 radical (unpaired) electrons. The van der Waals surface area contributed by atoms with Gasteiger partial charge in [-0.3, -0.25) is 4.90 Å². The van der Waals surface area contributed by atoms with Crippen LogP contribution in [0.5, 0.6) is 0 Å². The van der Waals surface area contributed by atoms with E-state index >= 15 is 0 Å². The van der Waals surface area contributed by atoms with Crippen molar-refractivity contribution < 1.29 is 4.74 Å². The van der Waals surface area contributed by atoms with Crippen LogP contribution in [0.15, 0.2) is 28.7 Å². The third-order valence-electron chi connectivity index (χ3n) is 4.27. The van der Waals surface area contributed by atoms with Crippen molar-refractivity contribution in [2.24, 2.45) is 0 Å². The van der Waals surface area contributed by atoms with Crippen LogP contribution in [0, 0.1) is 0 Å². The summed E-state index contributed by atoms with van der Waals surface area (Å²) in [6.07, 6.45) is 0. The predicted molar refractivity (Wildman–Crippen MR) is 75.9 cm³/mol. The Kier molecular flexibility index (Phi) is 3.45. The van der Waals surface area contributed by atoms with E-state index < -0.39 is 0 Å². The molecule has 0 aromatic heterocycles. The van der Waals surface area contributed by atoms with Crippen LogP contribution in [0.25, 0.3) is 0 Å². The molecule has 2 fully saturated rings. The lowest BCUT2D eigenvalue weighted by Crippen LogP contribution is -2.66. The lowest BCUT2D eigenvalue weighted by molar-refractivity contribution is -0.103. The molecule has 3 rings (SSSR count). The van der Waals surface area contributed by atoms with Crippen molar-refractivity contribution in [2.75, 3.05) is 39.9 Å². The Balaban J connectivity index is 1.94. The summed E-state index contributed by atoms with van der Waals surface area (Å²) in [6, 6.07) is 9.20. The van der Waals surface area contributed by atoms with E-state index in [0.29, 0.717) is 6.04 Å². The van der Waals surface area contributed by atoms with Gasteiger partial charge in [0, 0.05) is 30.1 Å². The normalized spacial score (nSPS) is 27.8. The Hall–Kier alpha value is -0.420. The molecule has 1 atom stereocenters. The van der Waals surface area contributed by atoms with Crippen molar-refractivity contribution in [3.05, 3.63) is 34.3 Å². The van der Waals surface area contributed by atoms with Crippen LogP contribution in [-0.2, 0) is 10.2 Å². The molecule has 1 aromatic carbocycles. The Labute approximate surface area is 117 Å². The largest absolute Gasteiger partial charge is 0.379 e. The van der Waals surface area contributed by atoms with Crippen molar-refractivity contribution in [3.63, 3.8) is 0 Å². The van der Waals surface area contributed by atoms with Gasteiger partial charge in [-0.2, -0.15) is 0 Å². The second kappa shape index (κ2) is 4.93. The highest BCUT2D eigenvalue weighted by molar-refractivity contribution is 9.10. The van der Waals surface area contributed by atoms with Gasteiger partial charge in [0.05, 0.1) is 18.6 Å². The molecule has 2 heterocycles. The number of hydrogen-bond acceptors (Lipinski definition) is 3. The lowest BCUT2D eigenvalue weighted by Gasteiger charge is -2.52. The molecular weight excluding hydrogens is 292 g/mol. The average Bonchev–Trinajstić information content (AvgIpc) is 2.30. The molecule has 1 N–H and O–H groups in total. The van der Waals surface area contributed by atoms with Crippen molar-refractivity contribution in [1.29, 1.82) is 0 Å². The molecular formula is C14H19BrN2O. The topological polar surface area (TPSA) is 24.5 Å². The Bertz CT molecular complexity index is 434. The highest BCUT2D eigenvalue weighted by Gasteiger charge is 2.49. The molecule has 98 valence electrons. The molecule has 2 aliphatic rings. The first kappa shape index (κ1) is 12.6. The molecule has 1 unspecified atom stereocenters. The Morgan fingerprint density at radius 1 is 1.44 bits per heavy atom. The molecule has 2 aliphatic heterocycles. The van der Waals surface area contributed by atoms with E-state index in [1.165, 1.54) is 5.56 Å². The van der Waals surface area contributed by atoms with E-state index in [1.807, 2.05) is 0 Å². The fraction of sp³-hybridized carbons (Fsp3) is 0.571. The minimum absolute atomic E-state index is 0.159. The minimum Gasteiger partial charge on any atom is -0.379 e. The van der Waals surface area contributed by atoms with Gasteiger partial charge in [0.1, 0.15) is 0 Å². The van der Waals surface area contributed by atoms with Crippen LogP contribution < -0.4 is 5.32 Å². The molecule has 0 bridgehead atoms. The molecule has 18 heavy (non-hydrogen) atoms. The quantitative estimate of drug-likeness (QED) is 0.898. The van der Waals surface area contributed by atoms with Crippen molar-refractivity contribution >= 4 is 15.9 Å². The second-order valence-corrected chi connectivity index (χ2v) is 6.28. The van der Waals surface area contributed by atoms with E-state index in [4.69, 9.17) is 4.74 Å². The first-order chi connectivity index (χ1) is 8.72. The zero-order valence-electron chi connectivity index (χ0n) is 10.7. The summed E-state index contributed by atoms with van der Waals surface area (Å²) < 4.78 is 6.71. The summed E-state index contributed by atoms with van der Waals surface area (Å²) in [5, 5.41) is 3.51. The van der Waals surface area contributed by atoms with E-state index in [1.54, 1.807) is 0 Å². The summed E-state index contributed by atoms with van der Waals surface area (Å²) in [5.74, 6) is 0. The van der Waals surface area contributed by atoms with Gasteiger partial charge >= 0.3 is 0 Å². The number of nitrogens with zero attached hydrogens (tertiary/aromatic N) is 1. The van der Waals surface area contributed by atoms with Gasteiger partial charge in [-0.05, 0) is 24.7 Å². The number of hydrogen-bond donors (Lipinski definition) is 1. The van der Waals surface area contributed by atoms with Gasteiger partial charge in [0.2, 0.25) is 0 Å². The van der Waals surface area contributed by atoms with Crippen molar-refractivity contribution in [3.8, 4) is 0 Å². The van der Waals surface area contributed by atoms with Gasteiger partial charge < -0.3 is 10.1 Å². The van der Waals surface area contributed by atoms with Crippen LogP contribution in [0.1, 0.15) is 5.56 Å². The van der Waals surface area contributed by atoms with Crippen LogP contribution in [-0.4, -0.2) is 50.8 Å². The molecule has 0 saturated carbocycles.